The molecule has 8 heteroatoms. The third-order valence-corrected chi connectivity index (χ3v) is 4.32. The topological polar surface area (TPSA) is 71.1 Å². The van der Waals surface area contributed by atoms with E-state index in [2.05, 4.69) is 15.0 Å². The maximum absolute atomic E-state index is 14.3. The maximum Gasteiger partial charge on any atom is 0.255 e. The zero-order valence-corrected chi connectivity index (χ0v) is 13.7. The minimum absolute atomic E-state index is 0.0241. The molecule has 134 valence electrons. The quantitative estimate of drug-likeness (QED) is 0.778. The molecular formula is C18H16F2N4O2. The van der Waals surface area contributed by atoms with Crippen LogP contribution in [0.1, 0.15) is 16.2 Å². The molecular weight excluding hydrogens is 342 g/mol. The van der Waals surface area contributed by atoms with Gasteiger partial charge in [0.15, 0.2) is 0 Å². The number of aromatic nitrogens is 3. The number of halogens is 2. The number of imidazole rings is 1. The highest BCUT2D eigenvalue weighted by atomic mass is 19.1. The van der Waals surface area contributed by atoms with Crippen LogP contribution in [0.4, 0.5) is 8.78 Å². The number of likely N-dealkylation sites (tertiary alicyclic amines) is 1. The molecule has 0 aliphatic carbocycles. The number of amides is 1. The van der Waals surface area contributed by atoms with Crippen molar-refractivity contribution in [1.82, 2.24) is 19.9 Å². The molecule has 0 spiro atoms. The van der Waals surface area contributed by atoms with Gasteiger partial charge in [0.2, 0.25) is 0 Å². The highest BCUT2D eigenvalue weighted by Crippen LogP contribution is 2.21. The van der Waals surface area contributed by atoms with Crippen LogP contribution in [0.25, 0.3) is 11.0 Å². The Balaban J connectivity index is 1.39. The molecule has 26 heavy (non-hydrogen) atoms. The second-order valence-corrected chi connectivity index (χ2v) is 6.16. The fourth-order valence-electron chi connectivity index (χ4n) is 3.02. The molecule has 0 saturated carbocycles. The first-order valence-electron chi connectivity index (χ1n) is 8.19. The number of hydrogen-bond acceptors (Lipinski definition) is 4. The molecule has 1 fully saturated rings. The number of hydrogen-bond donors (Lipinski definition) is 1. The predicted molar refractivity (Wildman–Crippen MR) is 89.7 cm³/mol. The number of ether oxygens (including phenoxy) is 1. The Kier molecular flexibility index (Phi) is 4.34. The summed E-state index contributed by atoms with van der Waals surface area (Å²) >= 11 is 0. The summed E-state index contributed by atoms with van der Waals surface area (Å²) in [5.74, 6) is -0.154. The third-order valence-electron chi connectivity index (χ3n) is 4.32. The second kappa shape index (κ2) is 6.80. The van der Waals surface area contributed by atoms with Gasteiger partial charge in [0, 0.05) is 12.4 Å². The Morgan fingerprint density at radius 1 is 1.35 bits per heavy atom. The number of aromatic amines is 1. The molecule has 2 aromatic heterocycles. The van der Waals surface area contributed by atoms with Gasteiger partial charge in [0.25, 0.3) is 5.91 Å². The number of rotatable bonds is 4. The molecule has 1 aliphatic rings. The average molecular weight is 358 g/mol. The minimum Gasteiger partial charge on any atom is -0.365 e. The number of fused-ring (bicyclic) bond motifs is 1. The first kappa shape index (κ1) is 16.6. The minimum atomic E-state index is -1.28. The van der Waals surface area contributed by atoms with Crippen LogP contribution in [0.3, 0.4) is 0 Å². The molecule has 3 heterocycles. The lowest BCUT2D eigenvalue weighted by atomic mass is 10.2. The van der Waals surface area contributed by atoms with E-state index in [1.807, 2.05) is 0 Å². The molecule has 1 N–H and O–H groups in total. The van der Waals surface area contributed by atoms with Crippen LogP contribution in [0, 0.1) is 5.82 Å². The number of nitrogens with one attached hydrogen (secondary N) is 1. The van der Waals surface area contributed by atoms with Gasteiger partial charge in [-0.15, -0.1) is 0 Å². The monoisotopic (exact) mass is 358 g/mol. The molecule has 0 radical (unpaired) electrons. The van der Waals surface area contributed by atoms with Crippen LogP contribution < -0.4 is 0 Å². The van der Waals surface area contributed by atoms with Crippen LogP contribution >= 0.6 is 0 Å². The van der Waals surface area contributed by atoms with Crippen LogP contribution in [-0.4, -0.2) is 51.1 Å². The summed E-state index contributed by atoms with van der Waals surface area (Å²) in [5.41, 5.74) is 1.58. The van der Waals surface area contributed by atoms with Crippen LogP contribution in [0.2, 0.25) is 0 Å². The van der Waals surface area contributed by atoms with Gasteiger partial charge in [0.05, 0.1) is 29.7 Å². The number of carbonyl (C=O) groups excluding carboxylic acids is 1. The first-order valence-corrected chi connectivity index (χ1v) is 8.19. The summed E-state index contributed by atoms with van der Waals surface area (Å²) in [6, 6.07) is 7.53. The molecule has 1 aromatic carbocycles. The summed E-state index contributed by atoms with van der Waals surface area (Å²) in [4.78, 5) is 24.9. The predicted octanol–water partition coefficient (Wildman–Crippen LogP) is 2.48. The maximum atomic E-state index is 14.3. The highest BCUT2D eigenvalue weighted by Gasteiger charge is 2.36. The van der Waals surface area contributed by atoms with Crippen molar-refractivity contribution in [1.29, 1.82) is 0 Å². The SMILES string of the molecule is O=C(c1cccnc1)N1CC(F)C(OCc2nc3ccc(F)cc3[nH]2)C1. The van der Waals surface area contributed by atoms with Gasteiger partial charge >= 0.3 is 0 Å². The number of carbonyl (C=O) groups is 1. The van der Waals surface area contributed by atoms with Gasteiger partial charge in [-0.2, -0.15) is 0 Å². The highest BCUT2D eigenvalue weighted by molar-refractivity contribution is 5.94. The van der Waals surface area contributed by atoms with Crippen LogP contribution in [0.5, 0.6) is 0 Å². The van der Waals surface area contributed by atoms with Crippen molar-refractivity contribution in [3.8, 4) is 0 Å². The molecule has 1 amide bonds. The zero-order valence-electron chi connectivity index (χ0n) is 13.7. The van der Waals surface area contributed by atoms with E-state index in [1.54, 1.807) is 24.4 Å². The largest absolute Gasteiger partial charge is 0.365 e. The van der Waals surface area contributed by atoms with E-state index in [1.165, 1.54) is 23.2 Å². The van der Waals surface area contributed by atoms with Crippen molar-refractivity contribution in [2.45, 2.75) is 18.9 Å². The lowest BCUT2D eigenvalue weighted by Crippen LogP contribution is -2.30. The summed E-state index contributed by atoms with van der Waals surface area (Å²) in [6.07, 6.45) is 1.01. The van der Waals surface area contributed by atoms with E-state index >= 15 is 0 Å². The average Bonchev–Trinajstić information content (AvgIpc) is 3.22. The lowest BCUT2D eigenvalue weighted by Gasteiger charge is -2.15. The number of H-pyrrole nitrogens is 1. The summed E-state index contributed by atoms with van der Waals surface area (Å²) < 4.78 is 33.1. The van der Waals surface area contributed by atoms with Gasteiger partial charge in [-0.1, -0.05) is 0 Å². The molecule has 3 aromatic rings. The normalized spacial score (nSPS) is 20.0. The van der Waals surface area contributed by atoms with Crippen LogP contribution in [0.15, 0.2) is 42.7 Å². The van der Waals surface area contributed by atoms with Gasteiger partial charge < -0.3 is 14.6 Å². The second-order valence-electron chi connectivity index (χ2n) is 6.16. The van der Waals surface area contributed by atoms with E-state index in [9.17, 15) is 13.6 Å². The molecule has 2 unspecified atom stereocenters. The van der Waals surface area contributed by atoms with Crippen molar-refractivity contribution in [2.75, 3.05) is 13.1 Å². The first-order chi connectivity index (χ1) is 12.6. The smallest absolute Gasteiger partial charge is 0.255 e. The van der Waals surface area contributed by atoms with E-state index in [4.69, 9.17) is 4.74 Å². The number of alkyl halides is 1. The number of nitrogens with zero attached hydrogens (tertiary/aromatic N) is 3. The fraction of sp³-hybridized carbons (Fsp3) is 0.278. The van der Waals surface area contributed by atoms with Gasteiger partial charge in [0.1, 0.15) is 30.5 Å². The Morgan fingerprint density at radius 3 is 3.04 bits per heavy atom. The molecule has 4 rings (SSSR count). The zero-order chi connectivity index (χ0) is 18.1. The van der Waals surface area contributed by atoms with Crippen molar-refractivity contribution < 1.29 is 18.3 Å². The van der Waals surface area contributed by atoms with Gasteiger partial charge in [-0.05, 0) is 30.3 Å². The van der Waals surface area contributed by atoms with E-state index < -0.39 is 12.3 Å². The van der Waals surface area contributed by atoms with E-state index in [0.717, 1.165) is 0 Å². The van der Waals surface area contributed by atoms with Crippen molar-refractivity contribution in [2.24, 2.45) is 0 Å². The molecule has 2 atom stereocenters. The number of benzene rings is 1. The Hall–Kier alpha value is -2.87. The van der Waals surface area contributed by atoms with Crippen molar-refractivity contribution in [3.05, 3.63) is 59.9 Å². The number of pyridine rings is 1. The Bertz CT molecular complexity index is 931. The van der Waals surface area contributed by atoms with Gasteiger partial charge in [-0.3, -0.25) is 9.78 Å². The molecule has 1 aliphatic heterocycles. The van der Waals surface area contributed by atoms with Crippen LogP contribution in [-0.2, 0) is 11.3 Å². The Morgan fingerprint density at radius 2 is 2.23 bits per heavy atom. The Labute approximate surface area is 147 Å². The van der Waals surface area contributed by atoms with Gasteiger partial charge in [-0.25, -0.2) is 13.8 Å². The summed E-state index contributed by atoms with van der Waals surface area (Å²) in [6.45, 7) is 0.184. The fourth-order valence-corrected chi connectivity index (χ4v) is 3.02. The standard InChI is InChI=1S/C18H16F2N4O2/c19-12-3-4-14-15(6-12)23-17(22-14)10-26-16-9-24(8-13(16)20)18(25)11-2-1-5-21-7-11/h1-7,13,16H,8-10H2,(H,22,23). The van der Waals surface area contributed by atoms with E-state index in [0.29, 0.717) is 22.4 Å². The summed E-state index contributed by atoms with van der Waals surface area (Å²) in [5, 5.41) is 0. The third kappa shape index (κ3) is 3.28. The molecule has 0 bridgehead atoms. The molecule has 1 saturated heterocycles. The van der Waals surface area contributed by atoms with Crippen molar-refractivity contribution >= 4 is 16.9 Å². The summed E-state index contributed by atoms with van der Waals surface area (Å²) in [7, 11) is 0. The van der Waals surface area contributed by atoms with Crippen molar-refractivity contribution in [3.63, 3.8) is 0 Å². The lowest BCUT2D eigenvalue weighted by molar-refractivity contribution is 0.00887. The van der Waals surface area contributed by atoms with E-state index in [-0.39, 0.29) is 31.4 Å². The molecule has 6 nitrogen and oxygen atoms in total.